The number of nitrogens with zero attached hydrogens (tertiary/aromatic N) is 2. The van der Waals surface area contributed by atoms with Crippen LogP contribution in [-0.2, 0) is 9.53 Å². The number of carbonyl (C=O) groups excluding carboxylic acids is 2. The number of esters is 1. The summed E-state index contributed by atoms with van der Waals surface area (Å²) >= 11 is 0. The topological polar surface area (TPSA) is 61.9 Å². The van der Waals surface area contributed by atoms with E-state index in [4.69, 9.17) is 4.74 Å². The summed E-state index contributed by atoms with van der Waals surface area (Å²) in [6, 6.07) is 22.6. The molecule has 0 unspecified atom stereocenters. The molecule has 1 N–H and O–H groups in total. The Hall–Kier alpha value is -3.64. The number of nitrogens with one attached hydrogen (secondary N) is 1. The molecule has 3 aromatic rings. The number of piperazine rings is 1. The van der Waals surface area contributed by atoms with Crippen LogP contribution in [0.5, 0.6) is 0 Å². The first-order valence-electron chi connectivity index (χ1n) is 14.0. The maximum atomic E-state index is 13.6. The second-order valence-corrected chi connectivity index (χ2v) is 10.8. The average Bonchev–Trinajstić information content (AvgIpc) is 2.93. The van der Waals surface area contributed by atoms with E-state index in [2.05, 4.69) is 73.1 Å². The Morgan fingerprint density at radius 1 is 0.846 bits per heavy atom. The fourth-order valence-electron chi connectivity index (χ4n) is 5.10. The van der Waals surface area contributed by atoms with Gasteiger partial charge in [-0.25, -0.2) is 0 Å². The second-order valence-electron chi connectivity index (χ2n) is 10.8. The fraction of sp³-hybridized carbons (Fsp3) is 0.394. The van der Waals surface area contributed by atoms with Crippen molar-refractivity contribution in [2.75, 3.05) is 49.5 Å². The molecule has 1 amide bonds. The molecule has 206 valence electrons. The third kappa shape index (κ3) is 7.07. The highest BCUT2D eigenvalue weighted by Crippen LogP contribution is 2.34. The SMILES string of the molecule is CCOC(=O)CN1CCN(c2ccc(NC(=O)c3cccc(C(C)C)c3-c3ccc(C(C)C)cc3)cc2)CC1. The highest BCUT2D eigenvalue weighted by atomic mass is 16.5. The number of amides is 1. The van der Waals surface area contributed by atoms with Crippen molar-refractivity contribution in [1.82, 2.24) is 4.90 Å². The Morgan fingerprint density at radius 3 is 2.10 bits per heavy atom. The molecule has 1 aliphatic heterocycles. The molecule has 1 saturated heterocycles. The van der Waals surface area contributed by atoms with Gasteiger partial charge in [-0.1, -0.05) is 64.1 Å². The van der Waals surface area contributed by atoms with E-state index < -0.39 is 0 Å². The van der Waals surface area contributed by atoms with Gasteiger partial charge in [0.1, 0.15) is 0 Å². The summed E-state index contributed by atoms with van der Waals surface area (Å²) in [6.45, 7) is 14.6. The third-order valence-corrected chi connectivity index (χ3v) is 7.35. The highest BCUT2D eigenvalue weighted by molar-refractivity contribution is 6.09. The van der Waals surface area contributed by atoms with Crippen molar-refractivity contribution < 1.29 is 14.3 Å². The first kappa shape index (κ1) is 28.4. The van der Waals surface area contributed by atoms with Crippen LogP contribution in [-0.4, -0.2) is 56.1 Å². The minimum Gasteiger partial charge on any atom is -0.465 e. The van der Waals surface area contributed by atoms with Crippen LogP contribution in [0.3, 0.4) is 0 Å². The Bertz CT molecular complexity index is 1260. The van der Waals surface area contributed by atoms with Gasteiger partial charge in [0, 0.05) is 43.1 Å². The van der Waals surface area contributed by atoms with Crippen LogP contribution < -0.4 is 10.2 Å². The minimum atomic E-state index is -0.166. The van der Waals surface area contributed by atoms with Crippen LogP contribution in [0.2, 0.25) is 0 Å². The van der Waals surface area contributed by atoms with E-state index in [0.29, 0.717) is 24.6 Å². The summed E-state index contributed by atoms with van der Waals surface area (Å²) in [5, 5.41) is 3.12. The molecule has 0 aliphatic carbocycles. The van der Waals surface area contributed by atoms with E-state index in [0.717, 1.165) is 54.2 Å². The molecular formula is C33H41N3O3. The van der Waals surface area contributed by atoms with Crippen molar-refractivity contribution >= 4 is 23.3 Å². The van der Waals surface area contributed by atoms with Gasteiger partial charge >= 0.3 is 5.97 Å². The van der Waals surface area contributed by atoms with Crippen LogP contribution in [0.15, 0.2) is 66.7 Å². The zero-order chi connectivity index (χ0) is 27.9. The Morgan fingerprint density at radius 2 is 1.51 bits per heavy atom. The predicted octanol–water partition coefficient (Wildman–Crippen LogP) is 6.54. The monoisotopic (exact) mass is 527 g/mol. The van der Waals surface area contributed by atoms with Gasteiger partial charge in [-0.3, -0.25) is 14.5 Å². The molecule has 0 spiro atoms. The molecule has 39 heavy (non-hydrogen) atoms. The largest absolute Gasteiger partial charge is 0.465 e. The number of benzene rings is 3. The maximum absolute atomic E-state index is 13.6. The molecule has 6 heteroatoms. The van der Waals surface area contributed by atoms with E-state index in [1.54, 1.807) is 0 Å². The number of anilines is 2. The molecule has 4 rings (SSSR count). The molecule has 0 bridgehead atoms. The fourth-order valence-corrected chi connectivity index (χ4v) is 5.10. The van der Waals surface area contributed by atoms with Crippen LogP contribution in [0.25, 0.3) is 11.1 Å². The van der Waals surface area contributed by atoms with Crippen LogP contribution >= 0.6 is 0 Å². The lowest BCUT2D eigenvalue weighted by Crippen LogP contribution is -2.48. The van der Waals surface area contributed by atoms with Crippen molar-refractivity contribution in [2.24, 2.45) is 0 Å². The zero-order valence-corrected chi connectivity index (χ0v) is 23.9. The van der Waals surface area contributed by atoms with Crippen molar-refractivity contribution in [3.05, 3.63) is 83.4 Å². The van der Waals surface area contributed by atoms with E-state index >= 15 is 0 Å². The van der Waals surface area contributed by atoms with E-state index in [1.807, 2.05) is 43.3 Å². The summed E-state index contributed by atoms with van der Waals surface area (Å²) < 4.78 is 5.07. The van der Waals surface area contributed by atoms with E-state index in [-0.39, 0.29) is 17.8 Å². The van der Waals surface area contributed by atoms with Gasteiger partial charge in [0.15, 0.2) is 0 Å². The van der Waals surface area contributed by atoms with Crippen molar-refractivity contribution in [2.45, 2.75) is 46.5 Å². The summed E-state index contributed by atoms with van der Waals surface area (Å²) in [5.74, 6) is 0.467. The number of hydrogen-bond donors (Lipinski definition) is 1. The third-order valence-electron chi connectivity index (χ3n) is 7.35. The van der Waals surface area contributed by atoms with Crippen molar-refractivity contribution in [1.29, 1.82) is 0 Å². The molecule has 3 aromatic carbocycles. The van der Waals surface area contributed by atoms with Gasteiger partial charge < -0.3 is 15.0 Å². The van der Waals surface area contributed by atoms with Gasteiger partial charge in [0.2, 0.25) is 0 Å². The Balaban J connectivity index is 1.46. The molecule has 0 radical (unpaired) electrons. The van der Waals surface area contributed by atoms with Gasteiger partial charge in [-0.2, -0.15) is 0 Å². The predicted molar refractivity (Wildman–Crippen MR) is 160 cm³/mol. The lowest BCUT2D eigenvalue weighted by molar-refractivity contribution is -0.144. The van der Waals surface area contributed by atoms with Gasteiger partial charge in [0.25, 0.3) is 5.91 Å². The van der Waals surface area contributed by atoms with Gasteiger partial charge in [0.05, 0.1) is 13.2 Å². The van der Waals surface area contributed by atoms with E-state index in [9.17, 15) is 9.59 Å². The van der Waals surface area contributed by atoms with Crippen LogP contribution in [0, 0.1) is 0 Å². The molecule has 1 heterocycles. The highest BCUT2D eigenvalue weighted by Gasteiger charge is 2.21. The minimum absolute atomic E-state index is 0.110. The molecule has 0 atom stereocenters. The average molecular weight is 528 g/mol. The lowest BCUT2D eigenvalue weighted by atomic mass is 9.87. The number of hydrogen-bond acceptors (Lipinski definition) is 5. The first-order chi connectivity index (χ1) is 18.8. The molecule has 1 aliphatic rings. The number of carbonyl (C=O) groups is 2. The molecule has 0 saturated carbocycles. The normalized spacial score (nSPS) is 14.1. The van der Waals surface area contributed by atoms with Gasteiger partial charge in [-0.05, 0) is 71.3 Å². The summed E-state index contributed by atoms with van der Waals surface area (Å²) in [6.07, 6.45) is 0. The quantitative estimate of drug-likeness (QED) is 0.320. The standard InChI is InChI=1S/C33H41N3O3/c1-6-39-31(37)22-35-18-20-36(21-19-35)28-16-14-27(15-17-28)34-33(38)30-9-7-8-29(24(4)5)32(30)26-12-10-25(11-13-26)23(2)3/h7-17,23-24H,6,18-22H2,1-5H3,(H,34,38). The van der Waals surface area contributed by atoms with Crippen LogP contribution in [0.1, 0.15) is 67.9 Å². The second kappa shape index (κ2) is 12.9. The van der Waals surface area contributed by atoms with Crippen molar-refractivity contribution in [3.63, 3.8) is 0 Å². The lowest BCUT2D eigenvalue weighted by Gasteiger charge is -2.35. The molecule has 1 fully saturated rings. The number of rotatable bonds is 9. The smallest absolute Gasteiger partial charge is 0.320 e. The Kier molecular flexibility index (Phi) is 9.41. The van der Waals surface area contributed by atoms with Gasteiger partial charge in [-0.15, -0.1) is 0 Å². The Labute approximate surface area is 233 Å². The first-order valence-corrected chi connectivity index (χ1v) is 14.0. The van der Waals surface area contributed by atoms with Crippen molar-refractivity contribution in [3.8, 4) is 11.1 Å². The maximum Gasteiger partial charge on any atom is 0.320 e. The summed E-state index contributed by atoms with van der Waals surface area (Å²) in [4.78, 5) is 29.8. The van der Waals surface area contributed by atoms with E-state index in [1.165, 1.54) is 5.56 Å². The molecular weight excluding hydrogens is 486 g/mol. The molecule has 6 nitrogen and oxygen atoms in total. The summed E-state index contributed by atoms with van der Waals surface area (Å²) in [7, 11) is 0. The zero-order valence-electron chi connectivity index (χ0n) is 23.9. The molecule has 0 aromatic heterocycles. The van der Waals surface area contributed by atoms with Crippen LogP contribution in [0.4, 0.5) is 11.4 Å². The summed E-state index contributed by atoms with van der Waals surface area (Å²) in [5.41, 5.74) is 7.06. The number of ether oxygens (including phenoxy) is 1.